The molecule has 3 nitrogen and oxygen atoms in total. The van der Waals surface area contributed by atoms with Crippen LogP contribution in [0.1, 0.15) is 26.1 Å². The molecule has 0 spiro atoms. The first-order valence-electron chi connectivity index (χ1n) is 6.78. The van der Waals surface area contributed by atoms with Gasteiger partial charge in [-0.1, -0.05) is 13.8 Å². The molecule has 0 fully saturated rings. The van der Waals surface area contributed by atoms with Crippen LogP contribution in [0.5, 0.6) is 0 Å². The number of halogens is 2. The van der Waals surface area contributed by atoms with E-state index < -0.39 is 11.6 Å². The molecule has 1 aromatic heterocycles. The molecule has 2 aromatic rings. The number of nitrogens with one attached hydrogen (secondary N) is 2. The number of hydrogen-bond donors (Lipinski definition) is 2. The van der Waals surface area contributed by atoms with Gasteiger partial charge in [-0.2, -0.15) is 0 Å². The van der Waals surface area contributed by atoms with Crippen molar-refractivity contribution >= 4 is 0 Å². The van der Waals surface area contributed by atoms with Crippen LogP contribution in [0.4, 0.5) is 8.78 Å². The van der Waals surface area contributed by atoms with Crippen LogP contribution < -0.4 is 5.32 Å². The highest BCUT2D eigenvalue weighted by atomic mass is 19.1. The first kappa shape index (κ1) is 14.7. The van der Waals surface area contributed by atoms with Gasteiger partial charge in [0.1, 0.15) is 17.5 Å². The molecule has 0 saturated carbocycles. The monoisotopic (exact) mass is 279 g/mol. The average molecular weight is 279 g/mol. The maximum atomic E-state index is 13.2. The highest BCUT2D eigenvalue weighted by molar-refractivity contribution is 5.58. The maximum absolute atomic E-state index is 13.2. The van der Waals surface area contributed by atoms with Crippen LogP contribution in [0.25, 0.3) is 11.3 Å². The average Bonchev–Trinajstić information content (AvgIpc) is 2.82. The maximum Gasteiger partial charge on any atom is 0.126 e. The zero-order valence-electron chi connectivity index (χ0n) is 11.7. The van der Waals surface area contributed by atoms with Gasteiger partial charge < -0.3 is 10.3 Å². The zero-order chi connectivity index (χ0) is 14.5. The third-order valence-electron chi connectivity index (χ3n) is 2.94. The van der Waals surface area contributed by atoms with E-state index in [1.165, 1.54) is 12.1 Å². The Balaban J connectivity index is 1.98. The van der Waals surface area contributed by atoms with E-state index in [4.69, 9.17) is 0 Å². The van der Waals surface area contributed by atoms with Crippen molar-refractivity contribution in [2.75, 3.05) is 6.54 Å². The molecule has 1 heterocycles. The molecule has 0 saturated heterocycles. The molecule has 0 radical (unpaired) electrons. The summed E-state index contributed by atoms with van der Waals surface area (Å²) in [6, 6.07) is 3.91. The Hall–Kier alpha value is -1.75. The van der Waals surface area contributed by atoms with Crippen molar-refractivity contribution in [2.24, 2.45) is 0 Å². The Morgan fingerprint density at radius 1 is 1.20 bits per heavy atom. The summed E-state index contributed by atoms with van der Waals surface area (Å²) in [6.45, 7) is 5.12. The van der Waals surface area contributed by atoms with Crippen LogP contribution >= 0.6 is 0 Å². The van der Waals surface area contributed by atoms with Crippen molar-refractivity contribution in [3.05, 3.63) is 41.9 Å². The minimum atomic E-state index is -0.586. The van der Waals surface area contributed by atoms with Crippen molar-refractivity contribution in [2.45, 2.75) is 32.7 Å². The van der Waals surface area contributed by atoms with Gasteiger partial charge in [0.25, 0.3) is 0 Å². The summed E-state index contributed by atoms with van der Waals surface area (Å²) < 4.78 is 26.3. The normalized spacial score (nSPS) is 11.2. The molecule has 20 heavy (non-hydrogen) atoms. The molecule has 0 atom stereocenters. The zero-order valence-corrected chi connectivity index (χ0v) is 11.7. The van der Waals surface area contributed by atoms with Crippen LogP contribution in [-0.4, -0.2) is 22.6 Å². The van der Waals surface area contributed by atoms with Gasteiger partial charge in [-0.05, 0) is 25.1 Å². The number of imidazole rings is 1. The summed E-state index contributed by atoms with van der Waals surface area (Å²) in [5, 5.41) is 3.33. The Bertz CT molecular complexity index is 544. The number of hydrogen-bond acceptors (Lipinski definition) is 2. The predicted octanol–water partition coefficient (Wildman–Crippen LogP) is 3.29. The smallest absolute Gasteiger partial charge is 0.126 e. The van der Waals surface area contributed by atoms with Crippen molar-refractivity contribution < 1.29 is 8.78 Å². The number of rotatable bonds is 6. The van der Waals surface area contributed by atoms with Crippen molar-refractivity contribution in [3.63, 3.8) is 0 Å². The van der Waals surface area contributed by atoms with Gasteiger partial charge in [-0.3, -0.25) is 0 Å². The molecule has 5 heteroatoms. The van der Waals surface area contributed by atoms with E-state index in [-0.39, 0.29) is 0 Å². The van der Waals surface area contributed by atoms with Crippen LogP contribution in [0.15, 0.2) is 24.4 Å². The highest BCUT2D eigenvalue weighted by Gasteiger charge is 2.06. The Labute approximate surface area is 117 Å². The van der Waals surface area contributed by atoms with Crippen molar-refractivity contribution in [1.29, 1.82) is 0 Å². The molecule has 2 N–H and O–H groups in total. The van der Waals surface area contributed by atoms with E-state index in [2.05, 4.69) is 29.1 Å². The fourth-order valence-corrected chi connectivity index (χ4v) is 1.99. The van der Waals surface area contributed by atoms with E-state index in [1.807, 2.05) is 0 Å². The summed E-state index contributed by atoms with van der Waals surface area (Å²) in [5.41, 5.74) is 1.11. The lowest BCUT2D eigenvalue weighted by atomic mass is 10.1. The van der Waals surface area contributed by atoms with Crippen LogP contribution in [0.3, 0.4) is 0 Å². The van der Waals surface area contributed by atoms with Gasteiger partial charge in [-0.25, -0.2) is 13.8 Å². The van der Waals surface area contributed by atoms with Crippen molar-refractivity contribution in [1.82, 2.24) is 15.3 Å². The minimum absolute atomic E-state index is 0.470. The van der Waals surface area contributed by atoms with Crippen LogP contribution in [-0.2, 0) is 6.42 Å². The quantitative estimate of drug-likeness (QED) is 0.797. The molecule has 108 valence electrons. The molecule has 0 bridgehead atoms. The Morgan fingerprint density at radius 2 is 1.90 bits per heavy atom. The first-order valence-corrected chi connectivity index (χ1v) is 6.78. The van der Waals surface area contributed by atoms with E-state index in [1.54, 1.807) is 6.20 Å². The van der Waals surface area contributed by atoms with Gasteiger partial charge in [0.2, 0.25) is 0 Å². The van der Waals surface area contributed by atoms with Gasteiger partial charge in [0.05, 0.1) is 11.9 Å². The third kappa shape index (κ3) is 4.13. The fraction of sp³-hybridized carbons (Fsp3) is 0.400. The lowest BCUT2D eigenvalue weighted by molar-refractivity contribution is 0.567. The molecule has 2 rings (SSSR count). The highest BCUT2D eigenvalue weighted by Crippen LogP contribution is 2.20. The lowest BCUT2D eigenvalue weighted by Crippen LogP contribution is -2.24. The summed E-state index contributed by atoms with van der Waals surface area (Å²) in [5.74, 6) is -0.343. The first-order chi connectivity index (χ1) is 9.54. The molecular weight excluding hydrogens is 260 g/mol. The molecule has 1 aromatic carbocycles. The third-order valence-corrected chi connectivity index (χ3v) is 2.94. The van der Waals surface area contributed by atoms with E-state index in [9.17, 15) is 8.78 Å². The Kier molecular flexibility index (Phi) is 4.84. The summed E-state index contributed by atoms with van der Waals surface area (Å²) >= 11 is 0. The number of nitrogens with zero attached hydrogens (tertiary/aromatic N) is 1. The number of H-pyrrole nitrogens is 1. The van der Waals surface area contributed by atoms with Crippen LogP contribution in [0.2, 0.25) is 0 Å². The molecule has 0 amide bonds. The van der Waals surface area contributed by atoms with E-state index in [0.717, 1.165) is 31.3 Å². The van der Waals surface area contributed by atoms with Crippen molar-refractivity contribution in [3.8, 4) is 11.3 Å². The molecule has 0 unspecified atom stereocenters. The topological polar surface area (TPSA) is 40.7 Å². The number of aromatic nitrogens is 2. The van der Waals surface area contributed by atoms with Crippen LogP contribution in [0, 0.1) is 11.6 Å². The predicted molar refractivity (Wildman–Crippen MR) is 75.4 cm³/mol. The van der Waals surface area contributed by atoms with E-state index >= 15 is 0 Å². The van der Waals surface area contributed by atoms with Gasteiger partial charge in [0.15, 0.2) is 0 Å². The fourth-order valence-electron chi connectivity index (χ4n) is 1.99. The standard InChI is InChI=1S/C15H19F2N3/c1-10(2)18-5-3-4-15-19-9-14(20-15)11-6-12(16)8-13(17)7-11/h6-10,18H,3-5H2,1-2H3,(H,19,20). The summed E-state index contributed by atoms with van der Waals surface area (Å²) in [7, 11) is 0. The largest absolute Gasteiger partial charge is 0.342 e. The molecule has 0 aliphatic heterocycles. The molecule has 0 aliphatic rings. The second-order valence-corrected chi connectivity index (χ2v) is 5.11. The number of benzene rings is 1. The van der Waals surface area contributed by atoms with Gasteiger partial charge in [-0.15, -0.1) is 0 Å². The van der Waals surface area contributed by atoms with Gasteiger partial charge in [0, 0.05) is 24.1 Å². The molecular formula is C15H19F2N3. The number of aryl methyl sites for hydroxylation is 1. The number of aromatic amines is 1. The minimum Gasteiger partial charge on any atom is -0.342 e. The van der Waals surface area contributed by atoms with Gasteiger partial charge >= 0.3 is 0 Å². The lowest BCUT2D eigenvalue weighted by Gasteiger charge is -2.06. The second kappa shape index (κ2) is 6.61. The van der Waals surface area contributed by atoms with E-state index in [0.29, 0.717) is 17.3 Å². The SMILES string of the molecule is CC(C)NCCCc1ncc(-c2cc(F)cc(F)c2)[nH]1. The Morgan fingerprint density at radius 3 is 2.55 bits per heavy atom. The summed E-state index contributed by atoms with van der Waals surface area (Å²) in [6.07, 6.45) is 3.37. The molecule has 0 aliphatic carbocycles. The summed E-state index contributed by atoms with van der Waals surface area (Å²) in [4.78, 5) is 7.34. The second-order valence-electron chi connectivity index (χ2n) is 5.11.